The molecule has 1 N–H and O–H groups in total. The highest BCUT2D eigenvalue weighted by atomic mass is 19.1. The van der Waals surface area contributed by atoms with Gasteiger partial charge in [0.25, 0.3) is 0 Å². The fourth-order valence-corrected chi connectivity index (χ4v) is 5.68. The Kier molecular flexibility index (Phi) is 8.11. The molecule has 2 fully saturated rings. The molecule has 0 unspecified atom stereocenters. The number of piperidine rings is 1. The van der Waals surface area contributed by atoms with Crippen LogP contribution in [-0.2, 0) is 4.79 Å². The van der Waals surface area contributed by atoms with Gasteiger partial charge >= 0.3 is 0 Å². The number of carbonyl (C=O) groups is 1. The van der Waals surface area contributed by atoms with Crippen molar-refractivity contribution in [1.29, 1.82) is 5.26 Å². The summed E-state index contributed by atoms with van der Waals surface area (Å²) in [6, 6.07) is 8.02. The molecule has 13 heteroatoms. The number of imidazole rings is 1. The molecule has 1 atom stereocenters. The third kappa shape index (κ3) is 6.10. The first kappa shape index (κ1) is 28.4. The molecule has 222 valence electrons. The zero-order chi connectivity index (χ0) is 29.9. The molecule has 4 aromatic heterocycles. The number of likely N-dealkylation sites (tertiary alicyclic amines) is 1. The molecule has 6 heterocycles. The Morgan fingerprint density at radius 2 is 1.98 bits per heavy atom. The van der Waals surface area contributed by atoms with E-state index in [1.54, 1.807) is 23.2 Å². The van der Waals surface area contributed by atoms with Gasteiger partial charge in [0.15, 0.2) is 17.5 Å². The predicted octanol–water partition coefficient (Wildman–Crippen LogP) is 3.59. The van der Waals surface area contributed by atoms with Crippen LogP contribution < -0.4 is 10.2 Å². The minimum atomic E-state index is -0.642. The maximum Gasteiger partial charge on any atom is 0.236 e. The number of anilines is 2. The molecule has 2 aliphatic heterocycles. The first-order valence-electron chi connectivity index (χ1n) is 14.4. The van der Waals surface area contributed by atoms with Crippen LogP contribution >= 0.6 is 0 Å². The van der Waals surface area contributed by atoms with Crippen molar-refractivity contribution < 1.29 is 13.6 Å². The molecule has 6 rings (SSSR count). The Labute approximate surface area is 247 Å². The summed E-state index contributed by atoms with van der Waals surface area (Å²) in [4.78, 5) is 36.6. The van der Waals surface area contributed by atoms with Crippen molar-refractivity contribution in [3.8, 4) is 28.8 Å². The Bertz CT molecular complexity index is 1690. The highest BCUT2D eigenvalue weighted by molar-refractivity contribution is 5.78. The molecule has 0 spiro atoms. The zero-order valence-corrected chi connectivity index (χ0v) is 23.9. The lowest BCUT2D eigenvalue weighted by Gasteiger charge is -2.33. The molecule has 0 aromatic carbocycles. The van der Waals surface area contributed by atoms with Crippen molar-refractivity contribution in [3.63, 3.8) is 0 Å². The van der Waals surface area contributed by atoms with Crippen molar-refractivity contribution in [2.45, 2.75) is 31.7 Å². The molecule has 0 aliphatic carbocycles. The largest absolute Gasteiger partial charge is 0.363 e. The lowest BCUT2D eigenvalue weighted by atomic mass is 10.0. The minimum Gasteiger partial charge on any atom is -0.363 e. The molecular formula is C30H32F2N10O. The minimum absolute atomic E-state index is 0.0271. The van der Waals surface area contributed by atoms with E-state index in [4.69, 9.17) is 5.26 Å². The van der Waals surface area contributed by atoms with E-state index in [0.717, 1.165) is 38.4 Å². The summed E-state index contributed by atoms with van der Waals surface area (Å²) < 4.78 is 32.1. The van der Waals surface area contributed by atoms with Crippen molar-refractivity contribution in [2.24, 2.45) is 0 Å². The van der Waals surface area contributed by atoms with Crippen molar-refractivity contribution in [3.05, 3.63) is 54.5 Å². The molecule has 0 bridgehead atoms. The number of carbonyl (C=O) groups excluding carboxylic acids is 1. The Hall–Kier alpha value is -4.70. The van der Waals surface area contributed by atoms with Gasteiger partial charge in [-0.15, -0.1) is 0 Å². The van der Waals surface area contributed by atoms with Crippen LogP contribution in [0.5, 0.6) is 0 Å². The molecule has 0 saturated carbocycles. The monoisotopic (exact) mass is 586 g/mol. The number of rotatable bonds is 6. The average Bonchev–Trinajstić information content (AvgIpc) is 3.30. The molecule has 11 nitrogen and oxygen atoms in total. The second kappa shape index (κ2) is 12.3. The number of nitrogens with zero attached hydrogens (tertiary/aromatic N) is 9. The molecular weight excluding hydrogens is 554 g/mol. The van der Waals surface area contributed by atoms with Gasteiger partial charge in [0.05, 0.1) is 12.3 Å². The van der Waals surface area contributed by atoms with E-state index in [1.807, 2.05) is 12.1 Å². The van der Waals surface area contributed by atoms with Crippen LogP contribution in [0.15, 0.2) is 42.9 Å². The molecule has 2 aliphatic rings. The van der Waals surface area contributed by atoms with Gasteiger partial charge < -0.3 is 20.0 Å². The molecule has 1 amide bonds. The first-order chi connectivity index (χ1) is 20.9. The van der Waals surface area contributed by atoms with E-state index in [-0.39, 0.29) is 35.7 Å². The normalized spacial score (nSPS) is 18.0. The topological polar surface area (TPSA) is 119 Å². The van der Waals surface area contributed by atoms with Gasteiger partial charge in [-0.3, -0.25) is 9.20 Å². The van der Waals surface area contributed by atoms with E-state index < -0.39 is 11.6 Å². The van der Waals surface area contributed by atoms with Crippen LogP contribution in [0.25, 0.3) is 28.4 Å². The zero-order valence-electron chi connectivity index (χ0n) is 23.9. The maximum absolute atomic E-state index is 16.3. The SMILES string of the molecule is CN1CCCN(c2cc(-c3nc(-c4cnc5ccc(F)cn45)nc(N[C@@H]4CCCN(C(=O)CC#N)C4)c3F)ccn2)CC1. The molecule has 0 radical (unpaired) electrons. The van der Waals surface area contributed by atoms with Crippen molar-refractivity contribution >= 4 is 23.2 Å². The summed E-state index contributed by atoms with van der Waals surface area (Å²) in [6.45, 7) is 4.38. The number of hydrogen-bond acceptors (Lipinski definition) is 9. The van der Waals surface area contributed by atoms with E-state index in [0.29, 0.717) is 42.8 Å². The van der Waals surface area contributed by atoms with Crippen LogP contribution in [-0.4, -0.2) is 92.4 Å². The third-order valence-corrected chi connectivity index (χ3v) is 7.96. The second-order valence-electron chi connectivity index (χ2n) is 11.0. The van der Waals surface area contributed by atoms with Gasteiger partial charge in [-0.05, 0) is 57.1 Å². The fourth-order valence-electron chi connectivity index (χ4n) is 5.68. The Morgan fingerprint density at radius 3 is 2.84 bits per heavy atom. The second-order valence-corrected chi connectivity index (χ2v) is 11.0. The van der Waals surface area contributed by atoms with Crippen LogP contribution in [0.4, 0.5) is 20.4 Å². The van der Waals surface area contributed by atoms with Crippen LogP contribution in [0.3, 0.4) is 0 Å². The first-order valence-corrected chi connectivity index (χ1v) is 14.4. The Balaban J connectivity index is 1.40. The molecule has 2 saturated heterocycles. The maximum atomic E-state index is 16.3. The Morgan fingerprint density at radius 1 is 1.09 bits per heavy atom. The van der Waals surface area contributed by atoms with E-state index in [9.17, 15) is 9.18 Å². The lowest BCUT2D eigenvalue weighted by molar-refractivity contribution is -0.131. The van der Waals surface area contributed by atoms with Crippen molar-refractivity contribution in [1.82, 2.24) is 34.1 Å². The summed E-state index contributed by atoms with van der Waals surface area (Å²) in [6.07, 6.45) is 6.65. The standard InChI is InChI=1S/C30H32F2N10O/c1-39-11-3-13-40(15-14-39)25-16-20(8-10-34-25)28-27(32)30(36-22-4-2-12-41(19-22)26(43)7-9-33)38-29(37-28)23-17-35-24-6-5-21(31)18-42(23)24/h5-6,8,10,16-18,22H,2-4,7,11-15,19H2,1H3,(H,36,37,38)/t22-/m1/s1. The van der Waals surface area contributed by atoms with Gasteiger partial charge in [-0.25, -0.2) is 28.7 Å². The summed E-state index contributed by atoms with van der Waals surface area (Å²) in [7, 11) is 2.09. The van der Waals surface area contributed by atoms with Gasteiger partial charge in [0, 0.05) is 56.7 Å². The van der Waals surface area contributed by atoms with Crippen LogP contribution in [0.1, 0.15) is 25.7 Å². The average molecular weight is 587 g/mol. The molecule has 4 aromatic rings. The highest BCUT2D eigenvalue weighted by Gasteiger charge is 2.27. The number of halogens is 2. The van der Waals surface area contributed by atoms with Gasteiger partial charge in [-0.1, -0.05) is 0 Å². The highest BCUT2D eigenvalue weighted by Crippen LogP contribution is 2.31. The number of aromatic nitrogens is 5. The fraction of sp³-hybridized carbons (Fsp3) is 0.400. The number of pyridine rings is 2. The number of hydrogen-bond donors (Lipinski definition) is 1. The third-order valence-electron chi connectivity index (χ3n) is 7.96. The van der Waals surface area contributed by atoms with Crippen molar-refractivity contribution in [2.75, 3.05) is 56.5 Å². The number of amides is 1. The summed E-state index contributed by atoms with van der Waals surface area (Å²) in [5.74, 6) is -0.482. The summed E-state index contributed by atoms with van der Waals surface area (Å²) in [5, 5.41) is 12.2. The van der Waals surface area contributed by atoms with Gasteiger partial charge in [0.2, 0.25) is 5.91 Å². The quantitative estimate of drug-likeness (QED) is 0.362. The summed E-state index contributed by atoms with van der Waals surface area (Å²) in [5.41, 5.74) is 1.50. The van der Waals surface area contributed by atoms with E-state index in [1.165, 1.54) is 22.9 Å². The van der Waals surface area contributed by atoms with E-state index >= 15 is 4.39 Å². The van der Waals surface area contributed by atoms with Gasteiger partial charge in [-0.2, -0.15) is 5.26 Å². The predicted molar refractivity (Wildman–Crippen MR) is 157 cm³/mol. The van der Waals surface area contributed by atoms with Gasteiger partial charge in [0.1, 0.15) is 35.1 Å². The number of nitrogens with one attached hydrogen (secondary N) is 1. The van der Waals surface area contributed by atoms with Crippen LogP contribution in [0, 0.1) is 23.0 Å². The number of nitriles is 1. The molecule has 43 heavy (non-hydrogen) atoms. The summed E-state index contributed by atoms with van der Waals surface area (Å²) >= 11 is 0. The lowest BCUT2D eigenvalue weighted by Crippen LogP contribution is -2.45. The van der Waals surface area contributed by atoms with E-state index in [2.05, 4.69) is 42.1 Å². The number of likely N-dealkylation sites (N-methyl/N-ethyl adjacent to an activating group) is 1. The van der Waals surface area contributed by atoms with Crippen LogP contribution in [0.2, 0.25) is 0 Å². The number of fused-ring (bicyclic) bond motifs is 1. The smallest absolute Gasteiger partial charge is 0.236 e.